The van der Waals surface area contributed by atoms with Gasteiger partial charge >= 0.3 is 6.09 Å². The molecular formula is C21H25FN4O3. The lowest BCUT2D eigenvalue weighted by Crippen LogP contribution is -2.50. The average molecular weight is 400 g/mol. The zero-order valence-corrected chi connectivity index (χ0v) is 16.5. The van der Waals surface area contributed by atoms with Crippen LogP contribution < -0.4 is 0 Å². The van der Waals surface area contributed by atoms with Crippen molar-refractivity contribution in [2.24, 2.45) is 0 Å². The number of nitrogens with zero attached hydrogens (tertiary/aromatic N) is 4. The monoisotopic (exact) mass is 400 g/mol. The molecule has 0 unspecified atom stereocenters. The van der Waals surface area contributed by atoms with Gasteiger partial charge in [-0.05, 0) is 31.0 Å². The second kappa shape index (κ2) is 8.23. The van der Waals surface area contributed by atoms with E-state index in [1.54, 1.807) is 16.7 Å². The summed E-state index contributed by atoms with van der Waals surface area (Å²) in [5.41, 5.74) is 1.55. The van der Waals surface area contributed by atoms with E-state index in [2.05, 4.69) is 4.98 Å². The lowest BCUT2D eigenvalue weighted by Gasteiger charge is -2.33. The summed E-state index contributed by atoms with van der Waals surface area (Å²) >= 11 is 0. The van der Waals surface area contributed by atoms with Crippen LogP contribution in [0.4, 0.5) is 9.18 Å². The van der Waals surface area contributed by atoms with E-state index in [0.29, 0.717) is 38.5 Å². The first-order valence-electron chi connectivity index (χ1n) is 10.1. The molecule has 1 aromatic carbocycles. The predicted molar refractivity (Wildman–Crippen MR) is 104 cm³/mol. The van der Waals surface area contributed by atoms with Crippen LogP contribution in [-0.4, -0.2) is 64.1 Å². The molecule has 1 saturated heterocycles. The summed E-state index contributed by atoms with van der Waals surface area (Å²) in [7, 11) is 0. The van der Waals surface area contributed by atoms with E-state index in [1.165, 1.54) is 12.1 Å². The van der Waals surface area contributed by atoms with Crippen molar-refractivity contribution >= 4 is 12.0 Å². The number of rotatable bonds is 3. The van der Waals surface area contributed by atoms with Crippen molar-refractivity contribution in [3.05, 3.63) is 53.4 Å². The maximum Gasteiger partial charge on any atom is 0.409 e. The summed E-state index contributed by atoms with van der Waals surface area (Å²) in [5.74, 6) is 0.864. The van der Waals surface area contributed by atoms with E-state index < -0.39 is 0 Å². The number of amides is 2. The lowest BCUT2D eigenvalue weighted by molar-refractivity contribution is 0.0566. The molecule has 7 nitrogen and oxygen atoms in total. The second-order valence-corrected chi connectivity index (χ2v) is 7.46. The molecule has 0 radical (unpaired) electrons. The molecule has 0 N–H and O–H groups in total. The highest BCUT2D eigenvalue weighted by atomic mass is 19.1. The van der Waals surface area contributed by atoms with Crippen LogP contribution in [-0.2, 0) is 17.7 Å². The van der Waals surface area contributed by atoms with Crippen LogP contribution in [0.2, 0.25) is 0 Å². The standard InChI is InChI=1S/C21H25FN4O3/c1-2-29-21(28)25-11-9-24(10-12-25)20(27)18-14-26-13-16(5-8-19(26)23-18)15-3-6-17(22)7-4-15/h3-4,6-7,14,16H,2,5,8-13H2,1H3/t16-/m1/s1. The largest absolute Gasteiger partial charge is 0.450 e. The second-order valence-electron chi connectivity index (χ2n) is 7.46. The van der Waals surface area contributed by atoms with Crippen molar-refractivity contribution in [1.82, 2.24) is 19.4 Å². The smallest absolute Gasteiger partial charge is 0.409 e. The summed E-state index contributed by atoms with van der Waals surface area (Å²) in [6, 6.07) is 6.64. The van der Waals surface area contributed by atoms with Crippen LogP contribution in [0.15, 0.2) is 30.5 Å². The minimum Gasteiger partial charge on any atom is -0.450 e. The van der Waals surface area contributed by atoms with E-state index >= 15 is 0 Å². The van der Waals surface area contributed by atoms with Gasteiger partial charge in [0.1, 0.15) is 17.3 Å². The van der Waals surface area contributed by atoms with Gasteiger partial charge in [0, 0.05) is 51.3 Å². The first-order valence-corrected chi connectivity index (χ1v) is 10.1. The molecule has 2 aromatic rings. The van der Waals surface area contributed by atoms with Crippen LogP contribution in [0, 0.1) is 5.82 Å². The van der Waals surface area contributed by atoms with Crippen molar-refractivity contribution < 1.29 is 18.7 Å². The number of benzene rings is 1. The Labute approximate surface area is 169 Å². The first-order chi connectivity index (χ1) is 14.0. The van der Waals surface area contributed by atoms with Gasteiger partial charge in [-0.15, -0.1) is 0 Å². The molecule has 2 amide bonds. The number of imidazole rings is 1. The number of carbonyl (C=O) groups excluding carboxylic acids is 2. The molecule has 1 atom stereocenters. The Morgan fingerprint density at radius 1 is 1.14 bits per heavy atom. The van der Waals surface area contributed by atoms with E-state index in [0.717, 1.165) is 30.8 Å². The first kappa shape index (κ1) is 19.4. The Kier molecular flexibility index (Phi) is 5.51. The van der Waals surface area contributed by atoms with Crippen LogP contribution >= 0.6 is 0 Å². The number of aromatic nitrogens is 2. The third-order valence-electron chi connectivity index (χ3n) is 5.65. The van der Waals surface area contributed by atoms with Crippen molar-refractivity contribution in [1.29, 1.82) is 0 Å². The van der Waals surface area contributed by atoms with Crippen molar-refractivity contribution in [2.75, 3.05) is 32.8 Å². The van der Waals surface area contributed by atoms with Gasteiger partial charge in [0.2, 0.25) is 0 Å². The van der Waals surface area contributed by atoms with E-state index in [1.807, 2.05) is 22.9 Å². The summed E-state index contributed by atoms with van der Waals surface area (Å²) in [6.07, 6.45) is 3.20. The van der Waals surface area contributed by atoms with Gasteiger partial charge in [0.25, 0.3) is 5.91 Å². The van der Waals surface area contributed by atoms with Gasteiger partial charge in [-0.3, -0.25) is 4.79 Å². The van der Waals surface area contributed by atoms with Crippen molar-refractivity contribution in [2.45, 2.75) is 32.2 Å². The summed E-state index contributed by atoms with van der Waals surface area (Å²) in [6.45, 7) is 4.72. The zero-order valence-electron chi connectivity index (χ0n) is 16.5. The Hall–Kier alpha value is -2.90. The average Bonchev–Trinajstić information content (AvgIpc) is 3.17. The molecule has 2 aliphatic heterocycles. The molecule has 1 fully saturated rings. The maximum atomic E-state index is 13.2. The van der Waals surface area contributed by atoms with Gasteiger partial charge in [-0.2, -0.15) is 0 Å². The molecule has 8 heteroatoms. The number of piperazine rings is 1. The Balaban J connectivity index is 1.39. The lowest BCUT2D eigenvalue weighted by atomic mass is 9.92. The molecule has 154 valence electrons. The third kappa shape index (κ3) is 4.11. The molecule has 3 heterocycles. The Morgan fingerprint density at radius 2 is 1.83 bits per heavy atom. The molecule has 1 aromatic heterocycles. The Bertz CT molecular complexity index is 888. The highest BCUT2D eigenvalue weighted by Gasteiger charge is 2.29. The van der Waals surface area contributed by atoms with E-state index in [4.69, 9.17) is 4.74 Å². The number of ether oxygens (including phenoxy) is 1. The number of halogens is 1. The maximum absolute atomic E-state index is 13.2. The van der Waals surface area contributed by atoms with Crippen LogP contribution in [0.1, 0.15) is 41.1 Å². The highest BCUT2D eigenvalue weighted by molar-refractivity contribution is 5.92. The van der Waals surface area contributed by atoms with Gasteiger partial charge in [-0.1, -0.05) is 12.1 Å². The summed E-state index contributed by atoms with van der Waals surface area (Å²) < 4.78 is 20.2. The van der Waals surface area contributed by atoms with Gasteiger partial charge in [0.05, 0.1) is 6.61 Å². The molecule has 4 rings (SSSR count). The number of hydrogen-bond acceptors (Lipinski definition) is 4. The number of carbonyl (C=O) groups is 2. The normalized spacial score (nSPS) is 19.0. The molecule has 0 bridgehead atoms. The van der Waals surface area contributed by atoms with Crippen LogP contribution in [0.5, 0.6) is 0 Å². The minimum atomic E-state index is -0.330. The fourth-order valence-electron chi connectivity index (χ4n) is 4.02. The molecule has 0 saturated carbocycles. The summed E-state index contributed by atoms with van der Waals surface area (Å²) in [4.78, 5) is 32.6. The SMILES string of the molecule is CCOC(=O)N1CCN(C(=O)c2cn3c(n2)CC[C@@H](c2ccc(F)cc2)C3)CC1. The zero-order chi connectivity index (χ0) is 20.4. The predicted octanol–water partition coefficient (Wildman–Crippen LogP) is 2.67. The molecule has 0 aliphatic carbocycles. The van der Waals surface area contributed by atoms with Crippen molar-refractivity contribution in [3.8, 4) is 0 Å². The quantitative estimate of drug-likeness (QED) is 0.795. The fourth-order valence-corrected chi connectivity index (χ4v) is 4.02. The topological polar surface area (TPSA) is 67.7 Å². The fraction of sp³-hybridized carbons (Fsp3) is 0.476. The van der Waals surface area contributed by atoms with Crippen LogP contribution in [0.3, 0.4) is 0 Å². The highest BCUT2D eigenvalue weighted by Crippen LogP contribution is 2.29. The molecule has 2 aliphatic rings. The van der Waals surface area contributed by atoms with Gasteiger partial charge in [0.15, 0.2) is 0 Å². The summed E-state index contributed by atoms with van der Waals surface area (Å²) in [5, 5.41) is 0. The van der Waals surface area contributed by atoms with E-state index in [9.17, 15) is 14.0 Å². The van der Waals surface area contributed by atoms with Gasteiger partial charge < -0.3 is 19.1 Å². The third-order valence-corrected chi connectivity index (χ3v) is 5.65. The van der Waals surface area contributed by atoms with Crippen LogP contribution in [0.25, 0.3) is 0 Å². The minimum absolute atomic E-state index is 0.103. The molecular weight excluding hydrogens is 375 g/mol. The van der Waals surface area contributed by atoms with Gasteiger partial charge in [-0.25, -0.2) is 14.2 Å². The number of fused-ring (bicyclic) bond motifs is 1. The number of hydrogen-bond donors (Lipinski definition) is 0. The molecule has 0 spiro atoms. The van der Waals surface area contributed by atoms with Crippen molar-refractivity contribution in [3.63, 3.8) is 0 Å². The Morgan fingerprint density at radius 3 is 2.52 bits per heavy atom. The van der Waals surface area contributed by atoms with E-state index in [-0.39, 0.29) is 23.7 Å². The molecule has 29 heavy (non-hydrogen) atoms. The number of aryl methyl sites for hydroxylation is 1.